The maximum atomic E-state index is 13.4. The zero-order chi connectivity index (χ0) is 25.3. The molecular weight excluding hydrogens is 449 g/mol. The first kappa shape index (κ1) is 26.3. The van der Waals surface area contributed by atoms with Crippen molar-refractivity contribution in [2.75, 3.05) is 26.7 Å². The van der Waals surface area contributed by atoms with Crippen molar-refractivity contribution in [3.05, 3.63) is 83.2 Å². The third-order valence-corrected chi connectivity index (χ3v) is 7.67. The highest BCUT2D eigenvalue weighted by Gasteiger charge is 2.28. The molecule has 1 fully saturated rings. The predicted molar refractivity (Wildman–Crippen MR) is 146 cm³/mol. The van der Waals surface area contributed by atoms with E-state index in [1.54, 1.807) is 6.07 Å². The zero-order valence-corrected chi connectivity index (χ0v) is 21.7. The Labute approximate surface area is 215 Å². The molecule has 0 spiro atoms. The first-order chi connectivity index (χ1) is 17.6. The summed E-state index contributed by atoms with van der Waals surface area (Å²) in [6, 6.07) is 20.2. The Morgan fingerprint density at radius 1 is 1.00 bits per heavy atom. The molecule has 36 heavy (non-hydrogen) atoms. The average Bonchev–Trinajstić information content (AvgIpc) is 2.91. The van der Waals surface area contributed by atoms with Gasteiger partial charge in [-0.15, -0.1) is 0 Å². The van der Waals surface area contributed by atoms with E-state index in [0.717, 1.165) is 44.5 Å². The maximum Gasteiger partial charge on any atom is 0.223 e. The van der Waals surface area contributed by atoms with Crippen LogP contribution in [0.15, 0.2) is 60.7 Å². The van der Waals surface area contributed by atoms with Gasteiger partial charge in [-0.1, -0.05) is 55.0 Å². The quantitative estimate of drug-likeness (QED) is 0.325. The number of rotatable bonds is 11. The predicted octanol–water partition coefficient (Wildman–Crippen LogP) is 6.00. The number of fused-ring (bicyclic) bond motifs is 1. The summed E-state index contributed by atoms with van der Waals surface area (Å²) in [6.45, 7) is 5.56. The lowest BCUT2D eigenvalue weighted by atomic mass is 9.90. The van der Waals surface area contributed by atoms with Gasteiger partial charge >= 0.3 is 0 Å². The van der Waals surface area contributed by atoms with Gasteiger partial charge < -0.3 is 10.6 Å². The molecule has 0 radical (unpaired) electrons. The number of hydrogen-bond donors (Lipinski definition) is 2. The van der Waals surface area contributed by atoms with Crippen molar-refractivity contribution in [2.45, 2.75) is 58.0 Å². The summed E-state index contributed by atoms with van der Waals surface area (Å²) in [4.78, 5) is 15.2. The van der Waals surface area contributed by atoms with Crippen molar-refractivity contribution in [2.24, 2.45) is 5.92 Å². The monoisotopic (exact) mass is 489 g/mol. The SMILES string of the molecule is CNCCCCCc1ccc(C(C)N2CCC(C(=O)NCc3cccc(F)c3)CC2)c2ccccc12. The first-order valence-corrected chi connectivity index (χ1v) is 13.5. The number of carbonyl (C=O) groups is 1. The number of nitrogens with zero attached hydrogens (tertiary/aromatic N) is 1. The zero-order valence-electron chi connectivity index (χ0n) is 21.7. The van der Waals surface area contributed by atoms with Gasteiger partial charge in [0.15, 0.2) is 0 Å². The van der Waals surface area contributed by atoms with Crippen LogP contribution in [-0.4, -0.2) is 37.5 Å². The average molecular weight is 490 g/mol. The van der Waals surface area contributed by atoms with Crippen LogP contribution in [0.5, 0.6) is 0 Å². The summed E-state index contributed by atoms with van der Waals surface area (Å²) in [7, 11) is 2.01. The van der Waals surface area contributed by atoms with Crippen molar-refractivity contribution in [1.29, 1.82) is 0 Å². The molecule has 0 aromatic heterocycles. The lowest BCUT2D eigenvalue weighted by molar-refractivity contribution is -0.126. The molecular formula is C31H40FN3O. The molecule has 5 heteroatoms. The van der Waals surface area contributed by atoms with Gasteiger partial charge in [0.05, 0.1) is 0 Å². The Hall–Kier alpha value is -2.76. The van der Waals surface area contributed by atoms with Crippen LogP contribution in [-0.2, 0) is 17.8 Å². The molecule has 4 rings (SSSR count). The Balaban J connectivity index is 1.34. The second kappa shape index (κ2) is 13.0. The smallest absolute Gasteiger partial charge is 0.223 e. The number of nitrogens with one attached hydrogen (secondary N) is 2. The molecule has 1 atom stereocenters. The van der Waals surface area contributed by atoms with Gasteiger partial charge in [0.2, 0.25) is 5.91 Å². The van der Waals surface area contributed by atoms with E-state index in [4.69, 9.17) is 0 Å². The summed E-state index contributed by atoms with van der Waals surface area (Å²) in [5.74, 6) is -0.172. The minimum absolute atomic E-state index is 0.0176. The van der Waals surface area contributed by atoms with Crippen LogP contribution < -0.4 is 10.6 Å². The number of benzene rings is 3. The standard InChI is InChI=1S/C31H40FN3O/c1-23(28-15-14-25(10-4-3-7-18-33-2)29-12-5-6-13-30(28)29)35-19-16-26(17-20-35)31(36)34-22-24-9-8-11-27(32)21-24/h5-6,8-9,11-15,21,23,26,33H,3-4,7,10,16-20,22H2,1-2H3,(H,34,36). The minimum atomic E-state index is -0.269. The van der Waals surface area contributed by atoms with E-state index in [0.29, 0.717) is 12.6 Å². The maximum absolute atomic E-state index is 13.4. The van der Waals surface area contributed by atoms with Crippen LogP contribution in [0.25, 0.3) is 10.8 Å². The highest BCUT2D eigenvalue weighted by Crippen LogP contribution is 2.33. The van der Waals surface area contributed by atoms with E-state index in [2.05, 4.69) is 58.9 Å². The van der Waals surface area contributed by atoms with Crippen LogP contribution in [0.3, 0.4) is 0 Å². The second-order valence-electron chi connectivity index (χ2n) is 10.1. The van der Waals surface area contributed by atoms with E-state index >= 15 is 0 Å². The van der Waals surface area contributed by atoms with Gasteiger partial charge in [0, 0.05) is 18.5 Å². The molecule has 3 aromatic rings. The molecule has 1 unspecified atom stereocenters. The molecule has 4 nitrogen and oxygen atoms in total. The van der Waals surface area contributed by atoms with Gasteiger partial charge in [-0.2, -0.15) is 0 Å². The Bertz CT molecular complexity index is 1140. The van der Waals surface area contributed by atoms with Gasteiger partial charge in [-0.3, -0.25) is 9.69 Å². The minimum Gasteiger partial charge on any atom is -0.352 e. The largest absolute Gasteiger partial charge is 0.352 e. The third kappa shape index (κ3) is 6.71. The number of likely N-dealkylation sites (tertiary alicyclic amines) is 1. The van der Waals surface area contributed by atoms with E-state index in [1.807, 2.05) is 13.1 Å². The lowest BCUT2D eigenvalue weighted by Crippen LogP contribution is -2.41. The van der Waals surface area contributed by atoms with Crippen LogP contribution in [0.2, 0.25) is 0 Å². The van der Waals surface area contributed by atoms with E-state index in [9.17, 15) is 9.18 Å². The normalized spacial score (nSPS) is 15.8. The van der Waals surface area contributed by atoms with Crippen molar-refractivity contribution in [1.82, 2.24) is 15.5 Å². The summed E-state index contributed by atoms with van der Waals surface area (Å²) in [5.41, 5.74) is 3.61. The van der Waals surface area contributed by atoms with Crippen molar-refractivity contribution >= 4 is 16.7 Å². The third-order valence-electron chi connectivity index (χ3n) is 7.67. The van der Waals surface area contributed by atoms with E-state index < -0.39 is 0 Å². The fraction of sp³-hybridized carbons (Fsp3) is 0.452. The fourth-order valence-corrected chi connectivity index (χ4v) is 5.49. The molecule has 1 aliphatic heterocycles. The van der Waals surface area contributed by atoms with Crippen LogP contribution in [0.1, 0.15) is 61.8 Å². The number of aryl methyl sites for hydroxylation is 1. The van der Waals surface area contributed by atoms with Gasteiger partial charge in [0.1, 0.15) is 5.82 Å². The molecule has 1 saturated heterocycles. The highest BCUT2D eigenvalue weighted by molar-refractivity contribution is 5.89. The molecule has 1 heterocycles. The Morgan fingerprint density at radius 2 is 1.78 bits per heavy atom. The van der Waals surface area contributed by atoms with Crippen LogP contribution in [0.4, 0.5) is 4.39 Å². The molecule has 2 N–H and O–H groups in total. The topological polar surface area (TPSA) is 44.4 Å². The van der Waals surface area contributed by atoms with Crippen molar-refractivity contribution < 1.29 is 9.18 Å². The number of carbonyl (C=O) groups excluding carboxylic acids is 1. The fourth-order valence-electron chi connectivity index (χ4n) is 5.49. The number of piperidine rings is 1. The number of halogens is 1. The molecule has 0 aliphatic carbocycles. The first-order valence-electron chi connectivity index (χ1n) is 13.5. The van der Waals surface area contributed by atoms with Crippen molar-refractivity contribution in [3.8, 4) is 0 Å². The number of hydrogen-bond acceptors (Lipinski definition) is 3. The molecule has 0 bridgehead atoms. The summed E-state index contributed by atoms with van der Waals surface area (Å²) >= 11 is 0. The second-order valence-corrected chi connectivity index (χ2v) is 10.1. The molecule has 3 aromatic carbocycles. The molecule has 1 aliphatic rings. The molecule has 192 valence electrons. The Kier molecular flexibility index (Phi) is 9.48. The van der Waals surface area contributed by atoms with Crippen LogP contribution in [0, 0.1) is 11.7 Å². The summed E-state index contributed by atoms with van der Waals surface area (Å²) in [5, 5.41) is 8.96. The summed E-state index contributed by atoms with van der Waals surface area (Å²) < 4.78 is 13.4. The number of unbranched alkanes of at least 4 members (excludes halogenated alkanes) is 2. The van der Waals surface area contributed by atoms with E-state index in [1.165, 1.54) is 53.3 Å². The number of amides is 1. The molecule has 0 saturated carbocycles. The van der Waals surface area contributed by atoms with Crippen molar-refractivity contribution in [3.63, 3.8) is 0 Å². The van der Waals surface area contributed by atoms with Gasteiger partial charge in [0.25, 0.3) is 0 Å². The van der Waals surface area contributed by atoms with E-state index in [-0.39, 0.29) is 17.6 Å². The summed E-state index contributed by atoms with van der Waals surface area (Å²) in [6.07, 6.45) is 6.51. The van der Waals surface area contributed by atoms with Gasteiger partial charge in [-0.05, 0) is 105 Å². The van der Waals surface area contributed by atoms with Gasteiger partial charge in [-0.25, -0.2) is 4.39 Å². The van der Waals surface area contributed by atoms with Crippen LogP contribution >= 0.6 is 0 Å². The molecule has 1 amide bonds. The highest BCUT2D eigenvalue weighted by atomic mass is 19.1. The lowest BCUT2D eigenvalue weighted by Gasteiger charge is -2.36. The Morgan fingerprint density at radius 3 is 2.53 bits per heavy atom.